The molecule has 1 aromatic heterocycles. The predicted molar refractivity (Wildman–Crippen MR) is 69.0 cm³/mol. The molecular formula is C12H12N2O3S. The van der Waals surface area contributed by atoms with Gasteiger partial charge in [-0.05, 0) is 19.1 Å². The van der Waals surface area contributed by atoms with Crippen LogP contribution in [0.15, 0.2) is 23.6 Å². The molecule has 0 unspecified atom stereocenters. The highest BCUT2D eigenvalue weighted by Gasteiger charge is 2.08. The third-order valence-corrected chi connectivity index (χ3v) is 3.13. The van der Waals surface area contributed by atoms with Gasteiger partial charge in [-0.25, -0.2) is 9.78 Å². The molecule has 0 saturated heterocycles. The molecular weight excluding hydrogens is 252 g/mol. The number of nitrogens with zero attached hydrogens (tertiary/aromatic N) is 1. The molecule has 2 rings (SSSR count). The Morgan fingerprint density at radius 3 is 2.89 bits per heavy atom. The van der Waals surface area contributed by atoms with Crippen LogP contribution in [0.4, 0.5) is 5.69 Å². The molecule has 5 nitrogen and oxygen atoms in total. The number of hydrogen-bond donors (Lipinski definition) is 2. The minimum absolute atomic E-state index is 0.0758. The van der Waals surface area contributed by atoms with Crippen molar-refractivity contribution in [1.29, 1.82) is 0 Å². The molecule has 0 aliphatic heterocycles. The van der Waals surface area contributed by atoms with Crippen LogP contribution >= 0.6 is 11.3 Å². The molecule has 3 N–H and O–H groups in total. The van der Waals surface area contributed by atoms with E-state index in [-0.39, 0.29) is 11.3 Å². The average molecular weight is 264 g/mol. The summed E-state index contributed by atoms with van der Waals surface area (Å²) in [5.41, 5.74) is 6.73. The number of hydrogen-bond acceptors (Lipinski definition) is 5. The van der Waals surface area contributed by atoms with Crippen LogP contribution in [0.25, 0.3) is 0 Å². The molecule has 18 heavy (non-hydrogen) atoms. The highest BCUT2D eigenvalue weighted by Crippen LogP contribution is 2.21. The van der Waals surface area contributed by atoms with E-state index >= 15 is 0 Å². The standard InChI is InChI=1S/C12H12N2O3S/c1-7-14-8(6-18-7)5-17-9-2-3-10(12(15)16)11(13)4-9/h2-4,6H,5,13H2,1H3,(H,15,16). The molecule has 0 spiro atoms. The molecule has 94 valence electrons. The lowest BCUT2D eigenvalue weighted by atomic mass is 10.2. The number of carbonyl (C=O) groups is 1. The van der Waals surface area contributed by atoms with E-state index in [4.69, 9.17) is 15.6 Å². The molecule has 0 fully saturated rings. The lowest BCUT2D eigenvalue weighted by Crippen LogP contribution is -2.03. The summed E-state index contributed by atoms with van der Waals surface area (Å²) in [6, 6.07) is 4.51. The molecule has 1 aromatic carbocycles. The second-order valence-electron chi connectivity index (χ2n) is 3.70. The van der Waals surface area contributed by atoms with Gasteiger partial charge in [-0.15, -0.1) is 11.3 Å². The number of carboxylic acid groups (broad SMARTS) is 1. The van der Waals surface area contributed by atoms with E-state index in [1.807, 2.05) is 12.3 Å². The van der Waals surface area contributed by atoms with Crippen LogP contribution in [0, 0.1) is 6.92 Å². The molecule has 0 amide bonds. The summed E-state index contributed by atoms with van der Waals surface area (Å²) in [4.78, 5) is 15.0. The molecule has 1 heterocycles. The highest BCUT2D eigenvalue weighted by atomic mass is 32.1. The van der Waals surface area contributed by atoms with Crippen molar-refractivity contribution in [3.8, 4) is 5.75 Å². The number of carboxylic acids is 1. The summed E-state index contributed by atoms with van der Waals surface area (Å²) in [6.45, 7) is 2.27. The maximum Gasteiger partial charge on any atom is 0.337 e. The van der Waals surface area contributed by atoms with Gasteiger partial charge in [0.2, 0.25) is 0 Å². The lowest BCUT2D eigenvalue weighted by Gasteiger charge is -2.06. The fraction of sp³-hybridized carbons (Fsp3) is 0.167. The fourth-order valence-corrected chi connectivity index (χ4v) is 2.05. The Kier molecular flexibility index (Phi) is 3.47. The van der Waals surface area contributed by atoms with Gasteiger partial charge in [0.05, 0.1) is 16.3 Å². The number of nitrogens with two attached hydrogens (primary N) is 1. The van der Waals surface area contributed by atoms with E-state index in [0.29, 0.717) is 12.4 Å². The second-order valence-corrected chi connectivity index (χ2v) is 4.76. The number of nitrogen functional groups attached to an aromatic ring is 1. The maximum atomic E-state index is 10.8. The van der Waals surface area contributed by atoms with Crippen LogP contribution in [0.5, 0.6) is 5.75 Å². The van der Waals surface area contributed by atoms with Gasteiger partial charge >= 0.3 is 5.97 Å². The van der Waals surface area contributed by atoms with Crippen LogP contribution in [-0.4, -0.2) is 16.1 Å². The molecule has 0 aliphatic rings. The maximum absolute atomic E-state index is 10.8. The number of benzene rings is 1. The summed E-state index contributed by atoms with van der Waals surface area (Å²) < 4.78 is 5.49. The van der Waals surface area contributed by atoms with Gasteiger partial charge in [0.25, 0.3) is 0 Å². The van der Waals surface area contributed by atoms with Gasteiger partial charge in [0, 0.05) is 17.1 Å². The Hall–Kier alpha value is -2.08. The SMILES string of the molecule is Cc1nc(COc2ccc(C(=O)O)c(N)c2)cs1. The Bertz CT molecular complexity index is 580. The normalized spacial score (nSPS) is 10.3. The number of anilines is 1. The van der Waals surface area contributed by atoms with Crippen molar-refractivity contribution in [2.24, 2.45) is 0 Å². The Labute approximate surface area is 108 Å². The fourth-order valence-electron chi connectivity index (χ4n) is 1.46. The molecule has 0 radical (unpaired) electrons. The first-order valence-corrected chi connectivity index (χ1v) is 6.11. The van der Waals surface area contributed by atoms with Crippen LogP contribution in [0.3, 0.4) is 0 Å². The van der Waals surface area contributed by atoms with E-state index < -0.39 is 5.97 Å². The van der Waals surface area contributed by atoms with Gasteiger partial charge in [-0.2, -0.15) is 0 Å². The Morgan fingerprint density at radius 2 is 2.33 bits per heavy atom. The first-order valence-electron chi connectivity index (χ1n) is 5.23. The van der Waals surface area contributed by atoms with Crippen LogP contribution in [-0.2, 0) is 6.61 Å². The van der Waals surface area contributed by atoms with E-state index in [0.717, 1.165) is 10.7 Å². The van der Waals surface area contributed by atoms with Crippen molar-refractivity contribution < 1.29 is 14.6 Å². The van der Waals surface area contributed by atoms with E-state index in [1.165, 1.54) is 12.1 Å². The molecule has 2 aromatic rings. The molecule has 0 saturated carbocycles. The monoisotopic (exact) mass is 264 g/mol. The van der Waals surface area contributed by atoms with Crippen LogP contribution < -0.4 is 10.5 Å². The lowest BCUT2D eigenvalue weighted by molar-refractivity contribution is 0.0698. The predicted octanol–water partition coefficient (Wildman–Crippen LogP) is 2.31. The molecule has 0 aliphatic carbocycles. The van der Waals surface area contributed by atoms with Crippen molar-refractivity contribution in [3.05, 3.63) is 39.8 Å². The number of aromatic carboxylic acids is 1. The third-order valence-electron chi connectivity index (χ3n) is 2.31. The van der Waals surface area contributed by atoms with E-state index in [1.54, 1.807) is 17.4 Å². The topological polar surface area (TPSA) is 85.4 Å². The Balaban J connectivity index is 2.06. The van der Waals surface area contributed by atoms with E-state index in [9.17, 15) is 4.79 Å². The van der Waals surface area contributed by atoms with Crippen LogP contribution in [0.1, 0.15) is 21.1 Å². The summed E-state index contributed by atoms with van der Waals surface area (Å²) in [6.07, 6.45) is 0. The van der Waals surface area contributed by atoms with Crippen molar-refractivity contribution in [2.45, 2.75) is 13.5 Å². The number of aromatic nitrogens is 1. The first-order chi connectivity index (χ1) is 8.56. The molecule has 0 atom stereocenters. The smallest absolute Gasteiger partial charge is 0.337 e. The van der Waals surface area contributed by atoms with Crippen LogP contribution in [0.2, 0.25) is 0 Å². The number of rotatable bonds is 4. The van der Waals surface area contributed by atoms with Gasteiger partial charge < -0.3 is 15.6 Å². The minimum atomic E-state index is -1.05. The van der Waals surface area contributed by atoms with Gasteiger partial charge in [0.1, 0.15) is 12.4 Å². The van der Waals surface area contributed by atoms with Crippen molar-refractivity contribution in [1.82, 2.24) is 4.98 Å². The third kappa shape index (κ3) is 2.78. The summed E-state index contributed by atoms with van der Waals surface area (Å²) in [5, 5.41) is 11.7. The average Bonchev–Trinajstić information content (AvgIpc) is 2.72. The Morgan fingerprint density at radius 1 is 1.56 bits per heavy atom. The minimum Gasteiger partial charge on any atom is -0.487 e. The number of aryl methyl sites for hydroxylation is 1. The first kappa shape index (κ1) is 12.4. The summed E-state index contributed by atoms with van der Waals surface area (Å²) in [7, 11) is 0. The highest BCUT2D eigenvalue weighted by molar-refractivity contribution is 7.09. The largest absolute Gasteiger partial charge is 0.487 e. The summed E-state index contributed by atoms with van der Waals surface area (Å²) in [5.74, 6) is -0.516. The van der Waals surface area contributed by atoms with Gasteiger partial charge in [-0.3, -0.25) is 0 Å². The van der Waals surface area contributed by atoms with Gasteiger partial charge in [0.15, 0.2) is 0 Å². The number of ether oxygens (including phenoxy) is 1. The zero-order chi connectivity index (χ0) is 13.1. The van der Waals surface area contributed by atoms with E-state index in [2.05, 4.69) is 4.98 Å². The van der Waals surface area contributed by atoms with Crippen molar-refractivity contribution in [2.75, 3.05) is 5.73 Å². The zero-order valence-corrected chi connectivity index (χ0v) is 10.5. The molecule has 0 bridgehead atoms. The summed E-state index contributed by atoms with van der Waals surface area (Å²) >= 11 is 1.56. The second kappa shape index (κ2) is 5.05. The molecule has 6 heteroatoms. The zero-order valence-electron chi connectivity index (χ0n) is 9.71. The van der Waals surface area contributed by atoms with Crippen molar-refractivity contribution in [3.63, 3.8) is 0 Å². The van der Waals surface area contributed by atoms with Gasteiger partial charge in [-0.1, -0.05) is 0 Å². The van der Waals surface area contributed by atoms with Crippen molar-refractivity contribution >= 4 is 23.0 Å². The number of thiazole rings is 1. The quantitative estimate of drug-likeness (QED) is 0.828.